The number of carboxylic acids is 1. The molecule has 0 aliphatic carbocycles. The first-order chi connectivity index (χ1) is 8.95. The molecule has 0 fully saturated rings. The molecule has 1 N–H and O–H groups in total. The van der Waals surface area contributed by atoms with Crippen LogP contribution in [0.4, 0.5) is 0 Å². The fraction of sp³-hybridized carbons (Fsp3) is 0.500. The van der Waals surface area contributed by atoms with Crippen LogP contribution in [0.2, 0.25) is 0 Å². The van der Waals surface area contributed by atoms with E-state index >= 15 is 0 Å². The minimum atomic E-state index is -0.950. The van der Waals surface area contributed by atoms with Gasteiger partial charge in [-0.1, -0.05) is 15.9 Å². The van der Waals surface area contributed by atoms with Crippen molar-refractivity contribution < 1.29 is 19.4 Å². The van der Waals surface area contributed by atoms with Crippen LogP contribution in [0, 0.1) is 13.8 Å². The first-order valence-electron chi connectivity index (χ1n) is 6.19. The average Bonchev–Trinajstić information content (AvgIpc) is 2.34. The molecule has 5 heteroatoms. The van der Waals surface area contributed by atoms with Gasteiger partial charge in [0.1, 0.15) is 5.75 Å². The van der Waals surface area contributed by atoms with Gasteiger partial charge in [-0.15, -0.1) is 0 Å². The molecule has 4 nitrogen and oxygen atoms in total. The Morgan fingerprint density at radius 1 is 1.37 bits per heavy atom. The van der Waals surface area contributed by atoms with Crippen molar-refractivity contribution in [2.24, 2.45) is 0 Å². The van der Waals surface area contributed by atoms with Crippen LogP contribution in [-0.4, -0.2) is 30.4 Å². The number of hydrogen-bond donors (Lipinski definition) is 1. The molecule has 0 heterocycles. The first kappa shape index (κ1) is 16.0. The zero-order valence-electron chi connectivity index (χ0n) is 11.4. The lowest BCUT2D eigenvalue weighted by Gasteiger charge is -2.14. The Kier molecular flexibility index (Phi) is 6.31. The van der Waals surface area contributed by atoms with Crippen LogP contribution in [0.1, 0.15) is 24.5 Å². The molecule has 0 bridgehead atoms. The van der Waals surface area contributed by atoms with E-state index in [0.29, 0.717) is 19.6 Å². The predicted octanol–water partition coefficient (Wildman–Crippen LogP) is 3.32. The van der Waals surface area contributed by atoms with Gasteiger partial charge < -0.3 is 14.6 Å². The summed E-state index contributed by atoms with van der Waals surface area (Å²) in [5.41, 5.74) is 2.18. The molecular weight excluding hydrogens is 312 g/mol. The van der Waals surface area contributed by atoms with E-state index in [4.69, 9.17) is 14.6 Å². The topological polar surface area (TPSA) is 55.8 Å². The standard InChI is InChI=1S/C14H19BrO4/c1-4-18-12(14(16)17)5-6-19-11-7-9(2)13(15)10(3)8-11/h7-8,12H,4-6H2,1-3H3,(H,16,17). The molecule has 0 radical (unpaired) electrons. The Morgan fingerprint density at radius 3 is 2.42 bits per heavy atom. The summed E-state index contributed by atoms with van der Waals surface area (Å²) >= 11 is 3.49. The molecular formula is C14H19BrO4. The molecule has 0 aliphatic rings. The highest BCUT2D eigenvalue weighted by Crippen LogP contribution is 2.26. The van der Waals surface area contributed by atoms with E-state index in [-0.39, 0.29) is 0 Å². The molecule has 1 aromatic rings. The minimum Gasteiger partial charge on any atom is -0.493 e. The summed E-state index contributed by atoms with van der Waals surface area (Å²) in [6, 6.07) is 3.85. The predicted molar refractivity (Wildman–Crippen MR) is 76.8 cm³/mol. The SMILES string of the molecule is CCOC(CCOc1cc(C)c(Br)c(C)c1)C(=O)O. The van der Waals surface area contributed by atoms with Gasteiger partial charge in [0.25, 0.3) is 0 Å². The number of rotatable bonds is 7. The fourth-order valence-electron chi connectivity index (χ4n) is 1.75. The third-order valence-corrected chi connectivity index (χ3v) is 3.95. The number of benzene rings is 1. The minimum absolute atomic E-state index is 0.317. The van der Waals surface area contributed by atoms with E-state index in [0.717, 1.165) is 21.3 Å². The van der Waals surface area contributed by atoms with Crippen LogP contribution in [0.3, 0.4) is 0 Å². The van der Waals surface area contributed by atoms with Crippen molar-refractivity contribution in [3.63, 3.8) is 0 Å². The van der Waals surface area contributed by atoms with Crippen molar-refractivity contribution in [2.75, 3.05) is 13.2 Å². The van der Waals surface area contributed by atoms with Crippen molar-refractivity contribution in [1.29, 1.82) is 0 Å². The Balaban J connectivity index is 2.55. The number of carboxylic acid groups (broad SMARTS) is 1. The molecule has 1 aromatic carbocycles. The van der Waals surface area contributed by atoms with Gasteiger partial charge in [0.15, 0.2) is 6.10 Å². The zero-order valence-corrected chi connectivity index (χ0v) is 13.0. The van der Waals surface area contributed by atoms with Crippen molar-refractivity contribution in [3.05, 3.63) is 27.7 Å². The van der Waals surface area contributed by atoms with E-state index in [1.54, 1.807) is 6.92 Å². The quantitative estimate of drug-likeness (QED) is 0.833. The summed E-state index contributed by atoms with van der Waals surface area (Å²) in [5.74, 6) is -0.201. The van der Waals surface area contributed by atoms with Gasteiger partial charge >= 0.3 is 5.97 Å². The summed E-state index contributed by atoms with van der Waals surface area (Å²) in [7, 11) is 0. The molecule has 0 spiro atoms. The van der Waals surface area contributed by atoms with E-state index < -0.39 is 12.1 Å². The number of aliphatic carboxylic acids is 1. The molecule has 1 atom stereocenters. The Labute approximate surface area is 121 Å². The Bertz CT molecular complexity index is 422. The van der Waals surface area contributed by atoms with Gasteiger partial charge in [-0.25, -0.2) is 4.79 Å². The normalized spacial score (nSPS) is 12.2. The smallest absolute Gasteiger partial charge is 0.332 e. The highest BCUT2D eigenvalue weighted by atomic mass is 79.9. The van der Waals surface area contributed by atoms with Crippen molar-refractivity contribution >= 4 is 21.9 Å². The number of halogens is 1. The second kappa shape index (κ2) is 7.50. The van der Waals surface area contributed by atoms with Crippen LogP contribution in [0.5, 0.6) is 5.75 Å². The Hall–Kier alpha value is -1.07. The maximum Gasteiger partial charge on any atom is 0.332 e. The van der Waals surface area contributed by atoms with E-state index in [9.17, 15) is 4.79 Å². The molecule has 0 aromatic heterocycles. The van der Waals surface area contributed by atoms with Gasteiger partial charge in [0, 0.05) is 17.5 Å². The average molecular weight is 331 g/mol. The molecule has 0 amide bonds. The van der Waals surface area contributed by atoms with Crippen LogP contribution in [0.25, 0.3) is 0 Å². The summed E-state index contributed by atoms with van der Waals surface area (Å²) in [5, 5.41) is 8.94. The molecule has 0 saturated heterocycles. The van der Waals surface area contributed by atoms with Gasteiger partial charge in [-0.05, 0) is 44.0 Å². The third-order valence-electron chi connectivity index (χ3n) is 2.70. The van der Waals surface area contributed by atoms with Crippen LogP contribution in [-0.2, 0) is 9.53 Å². The largest absolute Gasteiger partial charge is 0.493 e. The third kappa shape index (κ3) is 4.84. The molecule has 1 unspecified atom stereocenters. The van der Waals surface area contributed by atoms with Crippen LogP contribution < -0.4 is 4.74 Å². The molecule has 1 rings (SSSR count). The summed E-state index contributed by atoms with van der Waals surface area (Å²) < 4.78 is 11.8. The van der Waals surface area contributed by atoms with Crippen LogP contribution in [0.15, 0.2) is 16.6 Å². The van der Waals surface area contributed by atoms with Gasteiger partial charge in [0.05, 0.1) is 6.61 Å². The van der Waals surface area contributed by atoms with Crippen LogP contribution >= 0.6 is 15.9 Å². The zero-order chi connectivity index (χ0) is 14.4. The van der Waals surface area contributed by atoms with Crippen molar-refractivity contribution in [2.45, 2.75) is 33.3 Å². The van der Waals surface area contributed by atoms with Crippen molar-refractivity contribution in [3.8, 4) is 5.75 Å². The second-order valence-electron chi connectivity index (χ2n) is 4.29. The van der Waals surface area contributed by atoms with E-state index in [1.807, 2.05) is 26.0 Å². The number of hydrogen-bond acceptors (Lipinski definition) is 3. The Morgan fingerprint density at radius 2 is 1.95 bits per heavy atom. The van der Waals surface area contributed by atoms with Gasteiger partial charge in [-0.2, -0.15) is 0 Å². The number of ether oxygens (including phenoxy) is 2. The lowest BCUT2D eigenvalue weighted by atomic mass is 10.1. The molecule has 0 saturated carbocycles. The lowest BCUT2D eigenvalue weighted by molar-refractivity contribution is -0.150. The van der Waals surface area contributed by atoms with E-state index in [2.05, 4.69) is 15.9 Å². The van der Waals surface area contributed by atoms with Gasteiger partial charge in [0.2, 0.25) is 0 Å². The molecule has 19 heavy (non-hydrogen) atoms. The fourth-order valence-corrected chi connectivity index (χ4v) is 1.98. The van der Waals surface area contributed by atoms with E-state index in [1.165, 1.54) is 0 Å². The van der Waals surface area contributed by atoms with Gasteiger partial charge in [-0.3, -0.25) is 0 Å². The number of aryl methyl sites for hydroxylation is 2. The second-order valence-corrected chi connectivity index (χ2v) is 5.08. The molecule has 0 aliphatic heterocycles. The maximum atomic E-state index is 10.9. The lowest BCUT2D eigenvalue weighted by Crippen LogP contribution is -2.26. The maximum absolute atomic E-state index is 10.9. The molecule has 106 valence electrons. The highest BCUT2D eigenvalue weighted by molar-refractivity contribution is 9.10. The summed E-state index contributed by atoms with van der Waals surface area (Å²) in [6.07, 6.45) is -0.472. The summed E-state index contributed by atoms with van der Waals surface area (Å²) in [4.78, 5) is 10.9. The summed E-state index contributed by atoms with van der Waals surface area (Å²) in [6.45, 7) is 6.46. The highest BCUT2D eigenvalue weighted by Gasteiger charge is 2.17. The van der Waals surface area contributed by atoms with Crippen molar-refractivity contribution in [1.82, 2.24) is 0 Å². The first-order valence-corrected chi connectivity index (χ1v) is 6.99. The monoisotopic (exact) mass is 330 g/mol. The number of carbonyl (C=O) groups is 1.